The molecule has 1 aromatic heterocycles. The first-order valence-electron chi connectivity index (χ1n) is 5.37. The number of amides is 1. The van der Waals surface area contributed by atoms with E-state index in [1.807, 2.05) is 0 Å². The summed E-state index contributed by atoms with van der Waals surface area (Å²) < 4.78 is 5.78. The molecule has 1 aromatic carbocycles. The Kier molecular flexibility index (Phi) is 4.39. The van der Waals surface area contributed by atoms with E-state index in [0.29, 0.717) is 26.8 Å². The number of carbonyl (C=O) groups excluding carboxylic acids is 1. The normalized spacial score (nSPS) is 10.1. The number of aromatic nitrogens is 1. The van der Waals surface area contributed by atoms with Gasteiger partial charge in [0, 0.05) is 5.02 Å². The molecule has 0 saturated carbocycles. The van der Waals surface area contributed by atoms with Gasteiger partial charge in [0.25, 0.3) is 5.91 Å². The summed E-state index contributed by atoms with van der Waals surface area (Å²) in [6.07, 6.45) is 0. The van der Waals surface area contributed by atoms with Gasteiger partial charge in [0.1, 0.15) is 16.2 Å². The highest BCUT2D eigenvalue weighted by molar-refractivity contribution is 9.10. The van der Waals surface area contributed by atoms with Crippen LogP contribution in [0.4, 0.5) is 5.82 Å². The van der Waals surface area contributed by atoms with Gasteiger partial charge >= 0.3 is 0 Å². The van der Waals surface area contributed by atoms with Crippen LogP contribution >= 0.6 is 27.5 Å². The fourth-order valence-electron chi connectivity index (χ4n) is 1.51. The lowest BCUT2D eigenvalue weighted by Gasteiger charge is -2.09. The van der Waals surface area contributed by atoms with Gasteiger partial charge in [-0.15, -0.1) is 0 Å². The molecule has 19 heavy (non-hydrogen) atoms. The average Bonchev–Trinajstić information content (AvgIpc) is 2.38. The predicted octanol–water partition coefficient (Wildman–Crippen LogP) is 3.76. The molecule has 98 valence electrons. The maximum absolute atomic E-state index is 12.1. The van der Waals surface area contributed by atoms with Crippen LogP contribution in [0.25, 0.3) is 0 Å². The van der Waals surface area contributed by atoms with E-state index in [1.54, 1.807) is 36.4 Å². The molecule has 0 saturated heterocycles. The van der Waals surface area contributed by atoms with Crippen LogP contribution in [0.1, 0.15) is 10.4 Å². The summed E-state index contributed by atoms with van der Waals surface area (Å²) in [6, 6.07) is 10.1. The quantitative estimate of drug-likeness (QED) is 0.865. The Morgan fingerprint density at radius 2 is 2.16 bits per heavy atom. The zero-order chi connectivity index (χ0) is 13.8. The highest BCUT2D eigenvalue weighted by atomic mass is 79.9. The van der Waals surface area contributed by atoms with Crippen LogP contribution in [0.15, 0.2) is 41.0 Å². The number of pyridine rings is 1. The van der Waals surface area contributed by atoms with Gasteiger partial charge in [-0.1, -0.05) is 17.7 Å². The van der Waals surface area contributed by atoms with E-state index in [4.69, 9.17) is 16.3 Å². The lowest BCUT2D eigenvalue weighted by atomic mass is 10.2. The van der Waals surface area contributed by atoms with Gasteiger partial charge in [0.2, 0.25) is 0 Å². The highest BCUT2D eigenvalue weighted by Crippen LogP contribution is 2.24. The first-order chi connectivity index (χ1) is 9.10. The van der Waals surface area contributed by atoms with Crippen molar-refractivity contribution in [1.82, 2.24) is 4.98 Å². The number of hydrogen-bond donors (Lipinski definition) is 1. The Morgan fingerprint density at radius 3 is 2.84 bits per heavy atom. The number of methoxy groups -OCH3 is 1. The van der Waals surface area contributed by atoms with Gasteiger partial charge in [-0.3, -0.25) is 4.79 Å². The monoisotopic (exact) mass is 340 g/mol. The molecule has 1 N–H and O–H groups in total. The first-order valence-corrected chi connectivity index (χ1v) is 6.54. The minimum atomic E-state index is -0.306. The number of halogens is 2. The summed E-state index contributed by atoms with van der Waals surface area (Å²) in [5.74, 6) is 0.565. The van der Waals surface area contributed by atoms with Crippen LogP contribution in [-0.4, -0.2) is 18.0 Å². The fourth-order valence-corrected chi connectivity index (χ4v) is 2.02. The molecule has 1 amide bonds. The summed E-state index contributed by atoms with van der Waals surface area (Å²) in [5.41, 5.74) is 0.397. The number of nitrogens with one attached hydrogen (secondary N) is 1. The third-order valence-electron chi connectivity index (χ3n) is 2.36. The van der Waals surface area contributed by atoms with Gasteiger partial charge in [0.15, 0.2) is 0 Å². The molecule has 0 fully saturated rings. The molecule has 0 radical (unpaired) electrons. The second-order valence-corrected chi connectivity index (χ2v) is 4.89. The van der Waals surface area contributed by atoms with Crippen molar-refractivity contribution in [3.05, 3.63) is 51.6 Å². The summed E-state index contributed by atoms with van der Waals surface area (Å²) in [7, 11) is 1.49. The SMILES string of the molecule is COc1cc(Cl)ccc1C(=O)Nc1cccc(Br)n1. The second-order valence-electron chi connectivity index (χ2n) is 3.64. The molecular weight excluding hydrogens is 332 g/mol. The van der Waals surface area contributed by atoms with Crippen molar-refractivity contribution in [3.63, 3.8) is 0 Å². The van der Waals surface area contributed by atoms with Gasteiger partial charge in [-0.25, -0.2) is 4.98 Å². The van der Waals surface area contributed by atoms with Crippen molar-refractivity contribution >= 4 is 39.3 Å². The van der Waals surface area contributed by atoms with Crippen molar-refractivity contribution in [2.75, 3.05) is 12.4 Å². The van der Waals surface area contributed by atoms with E-state index >= 15 is 0 Å². The molecule has 0 bridgehead atoms. The number of rotatable bonds is 3. The molecular formula is C13H10BrClN2O2. The molecule has 1 heterocycles. The first kappa shape index (κ1) is 13.8. The van der Waals surface area contributed by atoms with Crippen molar-refractivity contribution in [2.45, 2.75) is 0 Å². The Bertz CT molecular complexity index is 619. The molecule has 0 atom stereocenters. The fraction of sp³-hybridized carbons (Fsp3) is 0.0769. The van der Waals surface area contributed by atoms with Crippen molar-refractivity contribution in [2.24, 2.45) is 0 Å². The van der Waals surface area contributed by atoms with Crippen LogP contribution in [0.2, 0.25) is 5.02 Å². The Morgan fingerprint density at radius 1 is 1.37 bits per heavy atom. The third kappa shape index (κ3) is 3.45. The maximum atomic E-state index is 12.1. The van der Waals surface area contributed by atoms with Gasteiger partial charge in [-0.05, 0) is 46.3 Å². The van der Waals surface area contributed by atoms with Crippen molar-refractivity contribution in [3.8, 4) is 5.75 Å². The molecule has 2 aromatic rings. The van der Waals surface area contributed by atoms with Crippen molar-refractivity contribution in [1.29, 1.82) is 0 Å². The number of carbonyl (C=O) groups is 1. The standard InChI is InChI=1S/C13H10BrClN2O2/c1-19-10-7-8(15)5-6-9(10)13(18)17-12-4-2-3-11(14)16-12/h2-7H,1H3,(H,16,17,18). The van der Waals surface area contributed by atoms with Gasteiger partial charge < -0.3 is 10.1 Å². The van der Waals surface area contributed by atoms with Crippen LogP contribution in [-0.2, 0) is 0 Å². The van der Waals surface area contributed by atoms with E-state index < -0.39 is 0 Å². The van der Waals surface area contributed by atoms with E-state index in [0.717, 1.165) is 0 Å². The number of anilines is 1. The van der Waals surface area contributed by atoms with Gasteiger partial charge in [0.05, 0.1) is 12.7 Å². The van der Waals surface area contributed by atoms with E-state index in [-0.39, 0.29) is 5.91 Å². The molecule has 0 spiro atoms. The topological polar surface area (TPSA) is 51.2 Å². The van der Waals surface area contributed by atoms with Crippen LogP contribution in [0, 0.1) is 0 Å². The largest absolute Gasteiger partial charge is 0.496 e. The van der Waals surface area contributed by atoms with E-state index in [2.05, 4.69) is 26.2 Å². The van der Waals surface area contributed by atoms with Crippen molar-refractivity contribution < 1.29 is 9.53 Å². The predicted molar refractivity (Wildman–Crippen MR) is 77.9 cm³/mol. The summed E-state index contributed by atoms with van der Waals surface area (Å²) >= 11 is 9.09. The van der Waals surface area contributed by atoms with Crippen LogP contribution < -0.4 is 10.1 Å². The number of ether oxygens (including phenoxy) is 1. The van der Waals surface area contributed by atoms with Gasteiger partial charge in [-0.2, -0.15) is 0 Å². The van der Waals surface area contributed by atoms with E-state index in [9.17, 15) is 4.79 Å². The average molecular weight is 342 g/mol. The third-order valence-corrected chi connectivity index (χ3v) is 3.04. The number of nitrogens with zero attached hydrogens (tertiary/aromatic N) is 1. The smallest absolute Gasteiger partial charge is 0.260 e. The lowest BCUT2D eigenvalue weighted by molar-refractivity contribution is 0.102. The van der Waals surface area contributed by atoms with Crippen LogP contribution in [0.3, 0.4) is 0 Å². The number of hydrogen-bond acceptors (Lipinski definition) is 3. The molecule has 0 aliphatic carbocycles. The minimum Gasteiger partial charge on any atom is -0.496 e. The number of benzene rings is 1. The Hall–Kier alpha value is -1.59. The highest BCUT2D eigenvalue weighted by Gasteiger charge is 2.13. The molecule has 0 aliphatic heterocycles. The van der Waals surface area contributed by atoms with Crippen LogP contribution in [0.5, 0.6) is 5.75 Å². The molecule has 2 rings (SSSR count). The Labute approximate surface area is 123 Å². The van der Waals surface area contributed by atoms with E-state index in [1.165, 1.54) is 7.11 Å². The molecule has 0 unspecified atom stereocenters. The lowest BCUT2D eigenvalue weighted by Crippen LogP contribution is -2.14. The molecule has 4 nitrogen and oxygen atoms in total. The Balaban J connectivity index is 2.25. The molecule has 0 aliphatic rings. The minimum absolute atomic E-state index is 0.306. The second kappa shape index (κ2) is 6.04. The summed E-state index contributed by atoms with van der Waals surface area (Å²) in [5, 5.41) is 3.20. The molecule has 6 heteroatoms. The zero-order valence-corrected chi connectivity index (χ0v) is 12.3. The zero-order valence-electron chi connectivity index (χ0n) is 9.98. The summed E-state index contributed by atoms with van der Waals surface area (Å²) in [4.78, 5) is 16.3. The maximum Gasteiger partial charge on any atom is 0.260 e. The summed E-state index contributed by atoms with van der Waals surface area (Å²) in [6.45, 7) is 0.